The van der Waals surface area contributed by atoms with E-state index in [2.05, 4.69) is 0 Å². The summed E-state index contributed by atoms with van der Waals surface area (Å²) in [6.45, 7) is 4.05. The molecule has 0 amide bonds. The molecule has 2 heteroatoms. The molecule has 0 radical (unpaired) electrons. The van der Waals surface area contributed by atoms with Crippen molar-refractivity contribution in [2.45, 2.75) is 32.4 Å². The van der Waals surface area contributed by atoms with E-state index in [-0.39, 0.29) is 6.04 Å². The summed E-state index contributed by atoms with van der Waals surface area (Å²) in [6.07, 6.45) is 0.192. The van der Waals surface area contributed by atoms with Gasteiger partial charge in [-0.15, -0.1) is 0 Å². The molecule has 1 unspecified atom stereocenters. The van der Waals surface area contributed by atoms with Crippen molar-refractivity contribution in [2.75, 3.05) is 0 Å². The summed E-state index contributed by atoms with van der Waals surface area (Å²) in [5, 5.41) is 9.82. The fourth-order valence-electron chi connectivity index (χ4n) is 1.44. The summed E-state index contributed by atoms with van der Waals surface area (Å²) >= 11 is 0. The Hall–Kier alpha value is -0.860. The highest BCUT2D eigenvalue weighted by Crippen LogP contribution is 2.09. The van der Waals surface area contributed by atoms with Crippen LogP contribution >= 0.6 is 0 Å². The molecule has 0 aliphatic rings. The zero-order valence-corrected chi connectivity index (χ0v) is 8.85. The number of rotatable bonds is 4. The molecule has 3 N–H and O–H groups in total. The van der Waals surface area contributed by atoms with Crippen molar-refractivity contribution in [3.63, 3.8) is 0 Å². The Labute approximate surface area is 85.8 Å². The van der Waals surface area contributed by atoms with Crippen LogP contribution in [0.25, 0.3) is 0 Å². The third-order valence-corrected chi connectivity index (χ3v) is 2.50. The second-order valence-electron chi connectivity index (χ2n) is 4.08. The van der Waals surface area contributed by atoms with Crippen molar-refractivity contribution in [1.29, 1.82) is 0 Å². The fourth-order valence-corrected chi connectivity index (χ4v) is 1.44. The molecule has 0 heterocycles. The molecule has 2 nitrogen and oxygen atoms in total. The van der Waals surface area contributed by atoms with Gasteiger partial charge in [0.1, 0.15) is 0 Å². The summed E-state index contributed by atoms with van der Waals surface area (Å²) in [5.41, 5.74) is 6.99. The summed E-state index contributed by atoms with van der Waals surface area (Å²) in [4.78, 5) is 0. The van der Waals surface area contributed by atoms with Crippen LogP contribution in [0.4, 0.5) is 0 Å². The predicted octanol–water partition coefficient (Wildman–Crippen LogP) is 1.57. The third kappa shape index (κ3) is 3.13. The first kappa shape index (κ1) is 11.2. The van der Waals surface area contributed by atoms with E-state index >= 15 is 0 Å². The highest BCUT2D eigenvalue weighted by atomic mass is 16.3. The Balaban J connectivity index is 2.53. The average molecular weight is 193 g/mol. The van der Waals surface area contributed by atoms with Crippen LogP contribution in [0.2, 0.25) is 0 Å². The van der Waals surface area contributed by atoms with Gasteiger partial charge in [0.25, 0.3) is 0 Å². The van der Waals surface area contributed by atoms with E-state index in [1.54, 1.807) is 0 Å². The molecule has 0 fully saturated rings. The van der Waals surface area contributed by atoms with Crippen molar-refractivity contribution < 1.29 is 5.11 Å². The molecule has 0 spiro atoms. The topological polar surface area (TPSA) is 46.2 Å². The lowest BCUT2D eigenvalue weighted by Crippen LogP contribution is -2.40. The first-order valence-corrected chi connectivity index (χ1v) is 5.09. The highest BCUT2D eigenvalue weighted by Gasteiger charge is 2.17. The second kappa shape index (κ2) is 5.13. The Morgan fingerprint density at radius 3 is 2.29 bits per heavy atom. The maximum absolute atomic E-state index is 9.82. The fraction of sp³-hybridized carbons (Fsp3) is 0.500. The van der Waals surface area contributed by atoms with E-state index in [1.807, 2.05) is 44.2 Å². The number of hydrogen-bond donors (Lipinski definition) is 2. The Morgan fingerprint density at radius 1 is 1.21 bits per heavy atom. The van der Waals surface area contributed by atoms with Crippen LogP contribution in [0.15, 0.2) is 30.3 Å². The van der Waals surface area contributed by atoms with E-state index in [4.69, 9.17) is 5.73 Å². The quantitative estimate of drug-likeness (QED) is 0.762. The van der Waals surface area contributed by atoms with Gasteiger partial charge in [0.05, 0.1) is 6.10 Å². The van der Waals surface area contributed by atoms with Gasteiger partial charge in [-0.05, 0) is 17.9 Å². The summed E-state index contributed by atoms with van der Waals surface area (Å²) < 4.78 is 0. The summed E-state index contributed by atoms with van der Waals surface area (Å²) in [7, 11) is 0. The Kier molecular flexibility index (Phi) is 4.11. The lowest BCUT2D eigenvalue weighted by atomic mass is 9.95. The van der Waals surface area contributed by atoms with E-state index in [0.717, 1.165) is 5.56 Å². The van der Waals surface area contributed by atoms with Crippen molar-refractivity contribution in [3.05, 3.63) is 35.9 Å². The SMILES string of the molecule is CC(C)C(N)[C@@H](O)Cc1ccccc1. The Morgan fingerprint density at radius 2 is 1.79 bits per heavy atom. The normalized spacial score (nSPS) is 15.5. The highest BCUT2D eigenvalue weighted by molar-refractivity contribution is 5.15. The summed E-state index contributed by atoms with van der Waals surface area (Å²) in [5.74, 6) is 0.314. The van der Waals surface area contributed by atoms with Gasteiger partial charge in [-0.2, -0.15) is 0 Å². The smallest absolute Gasteiger partial charge is 0.0733 e. The van der Waals surface area contributed by atoms with Gasteiger partial charge in [-0.1, -0.05) is 44.2 Å². The van der Waals surface area contributed by atoms with Gasteiger partial charge in [0.15, 0.2) is 0 Å². The van der Waals surface area contributed by atoms with Crippen molar-refractivity contribution >= 4 is 0 Å². The van der Waals surface area contributed by atoms with Crippen LogP contribution in [-0.4, -0.2) is 17.3 Å². The van der Waals surface area contributed by atoms with Crippen LogP contribution in [0.5, 0.6) is 0 Å². The zero-order valence-electron chi connectivity index (χ0n) is 8.85. The molecule has 14 heavy (non-hydrogen) atoms. The van der Waals surface area contributed by atoms with Gasteiger partial charge in [-0.3, -0.25) is 0 Å². The molecular formula is C12H19NO. The molecule has 0 aromatic heterocycles. The standard InChI is InChI=1S/C12H19NO/c1-9(2)12(13)11(14)8-10-6-4-3-5-7-10/h3-7,9,11-12,14H,8,13H2,1-2H3/t11-,12?/m0/s1. The summed E-state index contributed by atoms with van der Waals surface area (Å²) in [6, 6.07) is 9.80. The van der Waals surface area contributed by atoms with E-state index < -0.39 is 6.10 Å². The molecule has 0 aliphatic carbocycles. The van der Waals surface area contributed by atoms with Crippen LogP contribution < -0.4 is 5.73 Å². The predicted molar refractivity (Wildman–Crippen MR) is 59.0 cm³/mol. The Bertz CT molecular complexity index is 258. The van der Waals surface area contributed by atoms with E-state index in [9.17, 15) is 5.11 Å². The molecule has 0 bridgehead atoms. The van der Waals surface area contributed by atoms with Crippen molar-refractivity contribution in [1.82, 2.24) is 0 Å². The minimum atomic E-state index is -0.447. The lowest BCUT2D eigenvalue weighted by molar-refractivity contribution is 0.124. The molecule has 2 atom stereocenters. The molecule has 1 aromatic carbocycles. The lowest BCUT2D eigenvalue weighted by Gasteiger charge is -2.22. The van der Waals surface area contributed by atoms with Crippen molar-refractivity contribution in [2.24, 2.45) is 11.7 Å². The number of hydrogen-bond acceptors (Lipinski definition) is 2. The first-order chi connectivity index (χ1) is 6.61. The van der Waals surface area contributed by atoms with Crippen LogP contribution in [0.1, 0.15) is 19.4 Å². The number of benzene rings is 1. The number of aliphatic hydroxyl groups excluding tert-OH is 1. The molecule has 0 aliphatic heterocycles. The molecule has 78 valence electrons. The van der Waals surface area contributed by atoms with Crippen LogP contribution in [-0.2, 0) is 6.42 Å². The van der Waals surface area contributed by atoms with Gasteiger partial charge in [0.2, 0.25) is 0 Å². The second-order valence-corrected chi connectivity index (χ2v) is 4.08. The zero-order chi connectivity index (χ0) is 10.6. The number of nitrogens with two attached hydrogens (primary N) is 1. The van der Waals surface area contributed by atoms with Crippen LogP contribution in [0, 0.1) is 5.92 Å². The largest absolute Gasteiger partial charge is 0.391 e. The van der Waals surface area contributed by atoms with Gasteiger partial charge in [-0.25, -0.2) is 0 Å². The molecule has 1 rings (SSSR count). The van der Waals surface area contributed by atoms with Gasteiger partial charge >= 0.3 is 0 Å². The molecule has 0 saturated heterocycles. The first-order valence-electron chi connectivity index (χ1n) is 5.09. The van der Waals surface area contributed by atoms with Gasteiger partial charge in [0, 0.05) is 6.04 Å². The minimum absolute atomic E-state index is 0.143. The average Bonchev–Trinajstić information content (AvgIpc) is 2.18. The van der Waals surface area contributed by atoms with E-state index in [1.165, 1.54) is 0 Å². The monoisotopic (exact) mass is 193 g/mol. The maximum atomic E-state index is 9.82. The molecule has 1 aromatic rings. The third-order valence-electron chi connectivity index (χ3n) is 2.50. The number of aliphatic hydroxyl groups is 1. The maximum Gasteiger partial charge on any atom is 0.0733 e. The molecule has 0 saturated carbocycles. The molecular weight excluding hydrogens is 174 g/mol. The minimum Gasteiger partial charge on any atom is -0.391 e. The van der Waals surface area contributed by atoms with E-state index in [0.29, 0.717) is 12.3 Å². The van der Waals surface area contributed by atoms with Crippen molar-refractivity contribution in [3.8, 4) is 0 Å². The van der Waals surface area contributed by atoms with Gasteiger partial charge < -0.3 is 10.8 Å². The van der Waals surface area contributed by atoms with Crippen LogP contribution in [0.3, 0.4) is 0 Å².